The highest BCUT2D eigenvalue weighted by molar-refractivity contribution is 6.35. The molecule has 1 aliphatic heterocycles. The van der Waals surface area contributed by atoms with Gasteiger partial charge in [-0.25, -0.2) is 0 Å². The molecular weight excluding hydrogens is 250 g/mol. The summed E-state index contributed by atoms with van der Waals surface area (Å²) in [5, 5.41) is 5.01. The number of carbonyl (C=O) groups is 3. The molecule has 0 bridgehead atoms. The molecule has 3 amide bonds. The van der Waals surface area contributed by atoms with Crippen LogP contribution < -0.4 is 10.6 Å². The Hall–Kier alpha value is -1.63. The molecule has 0 aromatic carbocycles. The number of ether oxygens (including phenoxy) is 1. The first-order valence-electron chi connectivity index (χ1n) is 6.37. The van der Waals surface area contributed by atoms with Crippen molar-refractivity contribution in [2.75, 3.05) is 26.2 Å². The standard InChI is InChI=1S/C12H21N3O4/c1-8-6-15(7-9(2)19-8)12(18)11(17)14-5-4-13-10(3)16/h8-9H,4-7H2,1-3H3,(H,13,16)(H,14,17). The van der Waals surface area contributed by atoms with Gasteiger partial charge in [-0.15, -0.1) is 0 Å². The number of amides is 3. The number of carbonyl (C=O) groups excluding carboxylic acids is 3. The van der Waals surface area contributed by atoms with Crippen molar-refractivity contribution >= 4 is 17.7 Å². The summed E-state index contributed by atoms with van der Waals surface area (Å²) in [7, 11) is 0. The Morgan fingerprint density at radius 3 is 2.16 bits per heavy atom. The Bertz CT molecular complexity index is 349. The van der Waals surface area contributed by atoms with Crippen molar-refractivity contribution in [2.45, 2.75) is 33.0 Å². The minimum Gasteiger partial charge on any atom is -0.372 e. The fourth-order valence-corrected chi connectivity index (χ4v) is 1.98. The van der Waals surface area contributed by atoms with E-state index in [0.717, 1.165) is 0 Å². The lowest BCUT2D eigenvalue weighted by atomic mass is 10.2. The largest absolute Gasteiger partial charge is 0.372 e. The second kappa shape index (κ2) is 7.08. The van der Waals surface area contributed by atoms with Crippen LogP contribution in [0.4, 0.5) is 0 Å². The molecule has 0 saturated carbocycles. The molecule has 0 aromatic rings. The molecule has 0 radical (unpaired) electrons. The van der Waals surface area contributed by atoms with Crippen molar-refractivity contribution in [2.24, 2.45) is 0 Å². The smallest absolute Gasteiger partial charge is 0.312 e. The zero-order chi connectivity index (χ0) is 14.4. The number of nitrogens with zero attached hydrogens (tertiary/aromatic N) is 1. The fourth-order valence-electron chi connectivity index (χ4n) is 1.98. The van der Waals surface area contributed by atoms with E-state index >= 15 is 0 Å². The zero-order valence-electron chi connectivity index (χ0n) is 11.6. The Labute approximate surface area is 112 Å². The number of nitrogens with one attached hydrogen (secondary N) is 2. The first-order valence-corrected chi connectivity index (χ1v) is 6.37. The maximum Gasteiger partial charge on any atom is 0.312 e. The van der Waals surface area contributed by atoms with Gasteiger partial charge in [0.25, 0.3) is 0 Å². The molecule has 0 aliphatic carbocycles. The molecule has 0 aromatic heterocycles. The van der Waals surface area contributed by atoms with Gasteiger partial charge in [-0.05, 0) is 13.8 Å². The second-order valence-corrected chi connectivity index (χ2v) is 4.71. The van der Waals surface area contributed by atoms with Crippen LogP contribution in [-0.4, -0.2) is 61.0 Å². The summed E-state index contributed by atoms with van der Waals surface area (Å²) in [5.41, 5.74) is 0. The lowest BCUT2D eigenvalue weighted by Crippen LogP contribution is -2.53. The third-order valence-electron chi connectivity index (χ3n) is 2.69. The summed E-state index contributed by atoms with van der Waals surface area (Å²) in [6, 6.07) is 0. The van der Waals surface area contributed by atoms with Crippen LogP contribution in [0.25, 0.3) is 0 Å². The number of hydrogen-bond donors (Lipinski definition) is 2. The summed E-state index contributed by atoms with van der Waals surface area (Å²) in [4.78, 5) is 35.7. The van der Waals surface area contributed by atoms with E-state index < -0.39 is 11.8 Å². The molecule has 2 N–H and O–H groups in total. The summed E-state index contributed by atoms with van der Waals surface area (Å²) in [6.45, 7) is 6.51. The maximum atomic E-state index is 11.9. The first-order chi connectivity index (χ1) is 8.90. The minimum absolute atomic E-state index is 0.0696. The molecule has 1 fully saturated rings. The summed E-state index contributed by atoms with van der Waals surface area (Å²) in [5.74, 6) is -1.37. The molecule has 108 valence electrons. The Morgan fingerprint density at radius 2 is 1.63 bits per heavy atom. The van der Waals surface area contributed by atoms with E-state index in [1.165, 1.54) is 11.8 Å². The predicted molar refractivity (Wildman–Crippen MR) is 68.3 cm³/mol. The zero-order valence-corrected chi connectivity index (χ0v) is 11.6. The normalized spacial score (nSPS) is 22.8. The van der Waals surface area contributed by atoms with Gasteiger partial charge in [0.15, 0.2) is 0 Å². The summed E-state index contributed by atoms with van der Waals surface area (Å²) in [6.07, 6.45) is -0.139. The van der Waals surface area contributed by atoms with Gasteiger partial charge in [0.1, 0.15) is 0 Å². The van der Waals surface area contributed by atoms with Crippen LogP contribution in [0.3, 0.4) is 0 Å². The van der Waals surface area contributed by atoms with Gasteiger partial charge in [0.05, 0.1) is 12.2 Å². The highest BCUT2D eigenvalue weighted by Crippen LogP contribution is 2.10. The molecule has 2 unspecified atom stereocenters. The summed E-state index contributed by atoms with van der Waals surface area (Å²) < 4.78 is 5.50. The minimum atomic E-state index is -0.647. The monoisotopic (exact) mass is 271 g/mol. The molecule has 0 spiro atoms. The van der Waals surface area contributed by atoms with Gasteiger partial charge in [0.2, 0.25) is 5.91 Å². The van der Waals surface area contributed by atoms with Crippen LogP contribution in [-0.2, 0) is 19.1 Å². The lowest BCUT2D eigenvalue weighted by Gasteiger charge is -2.34. The van der Waals surface area contributed by atoms with Gasteiger partial charge in [0, 0.05) is 33.1 Å². The van der Waals surface area contributed by atoms with Gasteiger partial charge < -0.3 is 20.3 Å². The molecule has 7 nitrogen and oxygen atoms in total. The third-order valence-corrected chi connectivity index (χ3v) is 2.69. The van der Waals surface area contributed by atoms with E-state index in [4.69, 9.17) is 4.74 Å². The SMILES string of the molecule is CC(=O)NCCNC(=O)C(=O)N1CC(C)OC(C)C1. The highest BCUT2D eigenvalue weighted by atomic mass is 16.5. The quantitative estimate of drug-likeness (QED) is 0.502. The van der Waals surface area contributed by atoms with Gasteiger partial charge in [-0.1, -0.05) is 0 Å². The highest BCUT2D eigenvalue weighted by Gasteiger charge is 2.29. The van der Waals surface area contributed by atoms with E-state index in [1.807, 2.05) is 13.8 Å². The van der Waals surface area contributed by atoms with Crippen LogP contribution in [0.2, 0.25) is 0 Å². The average Bonchev–Trinajstić information content (AvgIpc) is 2.32. The molecular formula is C12H21N3O4. The van der Waals surface area contributed by atoms with E-state index in [-0.39, 0.29) is 24.7 Å². The molecule has 19 heavy (non-hydrogen) atoms. The van der Waals surface area contributed by atoms with Gasteiger partial charge in [-0.2, -0.15) is 0 Å². The van der Waals surface area contributed by atoms with E-state index in [1.54, 1.807) is 0 Å². The van der Waals surface area contributed by atoms with Crippen LogP contribution in [0.5, 0.6) is 0 Å². The van der Waals surface area contributed by atoms with Crippen LogP contribution >= 0.6 is 0 Å². The number of hydrogen-bond acceptors (Lipinski definition) is 4. The van der Waals surface area contributed by atoms with Crippen molar-refractivity contribution in [1.82, 2.24) is 15.5 Å². The molecule has 7 heteroatoms. The molecule has 1 saturated heterocycles. The lowest BCUT2D eigenvalue weighted by molar-refractivity contribution is -0.153. The number of morpholine rings is 1. The summed E-state index contributed by atoms with van der Waals surface area (Å²) >= 11 is 0. The van der Waals surface area contributed by atoms with Crippen LogP contribution in [0.15, 0.2) is 0 Å². The number of rotatable bonds is 3. The van der Waals surface area contributed by atoms with Gasteiger partial charge >= 0.3 is 11.8 Å². The molecule has 1 rings (SSSR count). The average molecular weight is 271 g/mol. The second-order valence-electron chi connectivity index (χ2n) is 4.71. The molecule has 1 aliphatic rings. The maximum absolute atomic E-state index is 11.9. The van der Waals surface area contributed by atoms with Gasteiger partial charge in [-0.3, -0.25) is 14.4 Å². The molecule has 2 atom stereocenters. The predicted octanol–water partition coefficient (Wildman–Crippen LogP) is -1.13. The van der Waals surface area contributed by atoms with Crippen LogP contribution in [0.1, 0.15) is 20.8 Å². The molecule has 1 heterocycles. The van der Waals surface area contributed by atoms with Crippen molar-refractivity contribution in [3.8, 4) is 0 Å². The third kappa shape index (κ3) is 5.25. The van der Waals surface area contributed by atoms with E-state index in [2.05, 4.69) is 10.6 Å². The Morgan fingerprint density at radius 1 is 1.11 bits per heavy atom. The van der Waals surface area contributed by atoms with Crippen LogP contribution in [0, 0.1) is 0 Å². The van der Waals surface area contributed by atoms with Crippen molar-refractivity contribution in [3.63, 3.8) is 0 Å². The van der Waals surface area contributed by atoms with Crippen molar-refractivity contribution < 1.29 is 19.1 Å². The van der Waals surface area contributed by atoms with Crippen molar-refractivity contribution in [1.29, 1.82) is 0 Å². The van der Waals surface area contributed by atoms with E-state index in [9.17, 15) is 14.4 Å². The fraction of sp³-hybridized carbons (Fsp3) is 0.750. The first kappa shape index (κ1) is 15.4. The topological polar surface area (TPSA) is 87.7 Å². The Balaban J connectivity index is 2.35. The van der Waals surface area contributed by atoms with Crippen molar-refractivity contribution in [3.05, 3.63) is 0 Å². The van der Waals surface area contributed by atoms with E-state index in [0.29, 0.717) is 19.6 Å². The Kier molecular flexibility index (Phi) is 5.75.